The minimum atomic E-state index is -3.92. The minimum absolute atomic E-state index is 0.0829. The van der Waals surface area contributed by atoms with Gasteiger partial charge in [0.25, 0.3) is 0 Å². The average molecular weight is 305 g/mol. The normalized spacial score (nSPS) is 16.8. The number of benzene rings is 1. The maximum atomic E-state index is 14.0. The summed E-state index contributed by atoms with van der Waals surface area (Å²) in [7, 11) is -1.24. The fourth-order valence-electron chi connectivity index (χ4n) is 2.01. The third kappa shape index (κ3) is 2.46. The van der Waals surface area contributed by atoms with Crippen molar-refractivity contribution in [2.45, 2.75) is 4.90 Å². The Labute approximate surface area is 116 Å². The molecule has 1 aromatic carbocycles. The molecule has 6 nitrogen and oxygen atoms in total. The first-order chi connectivity index (χ1) is 9.43. The Kier molecular flexibility index (Phi) is 4.17. The van der Waals surface area contributed by atoms with Crippen LogP contribution in [0.3, 0.4) is 0 Å². The second-order valence-electron chi connectivity index (χ2n) is 4.51. The highest BCUT2D eigenvalue weighted by molar-refractivity contribution is 7.89. The summed E-state index contributed by atoms with van der Waals surface area (Å²) in [6, 6.07) is 2.09. The number of aliphatic hydroxyl groups is 1. The Morgan fingerprint density at radius 1 is 1.30 bits per heavy atom. The smallest absolute Gasteiger partial charge is 0.246 e. The molecular weight excluding hydrogens is 289 g/mol. The van der Waals surface area contributed by atoms with Crippen LogP contribution in [-0.4, -0.2) is 51.7 Å². The number of hydrogen-bond donors (Lipinski definition) is 1. The molecule has 1 heterocycles. The van der Waals surface area contributed by atoms with E-state index >= 15 is 0 Å². The van der Waals surface area contributed by atoms with Crippen LogP contribution in [0.2, 0.25) is 0 Å². The lowest BCUT2D eigenvalue weighted by Gasteiger charge is -2.37. The van der Waals surface area contributed by atoms with E-state index in [1.165, 1.54) is 14.2 Å². The SMILES string of the molecule is COc1cc(F)c(S(=O)(=O)N2CC(CO)C2)cc1OC. The molecule has 0 amide bonds. The maximum absolute atomic E-state index is 14.0. The van der Waals surface area contributed by atoms with Crippen LogP contribution in [0.25, 0.3) is 0 Å². The van der Waals surface area contributed by atoms with Gasteiger partial charge in [-0.3, -0.25) is 0 Å². The van der Waals surface area contributed by atoms with E-state index in [1.54, 1.807) is 0 Å². The Morgan fingerprint density at radius 2 is 1.85 bits per heavy atom. The first-order valence-corrected chi connectivity index (χ1v) is 7.40. The second kappa shape index (κ2) is 5.55. The van der Waals surface area contributed by atoms with Crippen molar-refractivity contribution in [2.75, 3.05) is 33.9 Å². The number of sulfonamides is 1. The predicted octanol–water partition coefficient (Wildman–Crippen LogP) is 0.456. The van der Waals surface area contributed by atoms with Crippen LogP contribution in [0.5, 0.6) is 11.5 Å². The molecule has 0 aromatic heterocycles. The van der Waals surface area contributed by atoms with E-state index in [1.807, 2.05) is 0 Å². The first kappa shape index (κ1) is 15.0. The van der Waals surface area contributed by atoms with Crippen LogP contribution >= 0.6 is 0 Å². The van der Waals surface area contributed by atoms with Crippen LogP contribution in [0.4, 0.5) is 4.39 Å². The largest absolute Gasteiger partial charge is 0.493 e. The fourth-order valence-corrected chi connectivity index (χ4v) is 3.66. The molecule has 0 aliphatic carbocycles. The van der Waals surface area contributed by atoms with Gasteiger partial charge in [0.1, 0.15) is 10.7 Å². The van der Waals surface area contributed by atoms with Crippen molar-refractivity contribution in [3.8, 4) is 11.5 Å². The third-order valence-corrected chi connectivity index (χ3v) is 5.08. The number of ether oxygens (including phenoxy) is 2. The summed E-state index contributed by atoms with van der Waals surface area (Å²) in [5.41, 5.74) is 0. The van der Waals surface area contributed by atoms with Crippen molar-refractivity contribution < 1.29 is 27.4 Å². The number of rotatable bonds is 5. The van der Waals surface area contributed by atoms with Crippen molar-refractivity contribution in [3.63, 3.8) is 0 Å². The summed E-state index contributed by atoms with van der Waals surface area (Å²) in [6.07, 6.45) is 0. The molecular formula is C12H16FNO5S. The summed E-state index contributed by atoms with van der Waals surface area (Å²) in [5, 5.41) is 8.91. The van der Waals surface area contributed by atoms with Gasteiger partial charge in [-0.25, -0.2) is 12.8 Å². The molecule has 2 rings (SSSR count). The van der Waals surface area contributed by atoms with Crippen LogP contribution in [0, 0.1) is 11.7 Å². The predicted molar refractivity (Wildman–Crippen MR) is 68.8 cm³/mol. The average Bonchev–Trinajstić information content (AvgIpc) is 2.36. The van der Waals surface area contributed by atoms with Gasteiger partial charge >= 0.3 is 0 Å². The number of nitrogens with zero attached hydrogens (tertiary/aromatic N) is 1. The van der Waals surface area contributed by atoms with Gasteiger partial charge in [-0.05, 0) is 0 Å². The van der Waals surface area contributed by atoms with Crippen LogP contribution < -0.4 is 9.47 Å². The lowest BCUT2D eigenvalue weighted by Crippen LogP contribution is -2.51. The lowest BCUT2D eigenvalue weighted by atomic mass is 10.1. The fraction of sp³-hybridized carbons (Fsp3) is 0.500. The third-order valence-electron chi connectivity index (χ3n) is 3.24. The van der Waals surface area contributed by atoms with Crippen molar-refractivity contribution >= 4 is 10.0 Å². The van der Waals surface area contributed by atoms with Gasteiger partial charge in [0.05, 0.1) is 14.2 Å². The zero-order valence-electron chi connectivity index (χ0n) is 11.2. The summed E-state index contributed by atoms with van der Waals surface area (Å²) in [6.45, 7) is 0.291. The molecule has 1 aromatic rings. The van der Waals surface area contributed by atoms with Gasteiger partial charge in [-0.1, -0.05) is 0 Å². The molecule has 1 saturated heterocycles. The van der Waals surface area contributed by atoms with E-state index in [2.05, 4.69) is 0 Å². The van der Waals surface area contributed by atoms with Gasteiger partial charge in [-0.2, -0.15) is 4.31 Å². The summed E-state index contributed by atoms with van der Waals surface area (Å²) >= 11 is 0. The Bertz CT molecular complexity index is 598. The summed E-state index contributed by atoms with van der Waals surface area (Å²) in [5.74, 6) is -0.712. The molecule has 0 radical (unpaired) electrons. The number of hydrogen-bond acceptors (Lipinski definition) is 5. The zero-order chi connectivity index (χ0) is 14.9. The quantitative estimate of drug-likeness (QED) is 0.855. The van der Waals surface area contributed by atoms with Crippen LogP contribution in [-0.2, 0) is 10.0 Å². The second-order valence-corrected chi connectivity index (χ2v) is 6.41. The number of aliphatic hydroxyl groups excluding tert-OH is 1. The molecule has 112 valence electrons. The molecule has 1 fully saturated rings. The van der Waals surface area contributed by atoms with Crippen molar-refractivity contribution in [1.82, 2.24) is 4.31 Å². The Hall–Kier alpha value is -1.38. The highest BCUT2D eigenvalue weighted by Crippen LogP contribution is 2.34. The highest BCUT2D eigenvalue weighted by atomic mass is 32.2. The molecule has 0 bridgehead atoms. The molecule has 0 atom stereocenters. The van der Waals surface area contributed by atoms with Crippen LogP contribution in [0.15, 0.2) is 17.0 Å². The molecule has 0 unspecified atom stereocenters. The van der Waals surface area contributed by atoms with E-state index in [9.17, 15) is 12.8 Å². The van der Waals surface area contributed by atoms with E-state index in [-0.39, 0.29) is 37.1 Å². The topological polar surface area (TPSA) is 76.1 Å². The molecule has 0 spiro atoms. The van der Waals surface area contributed by atoms with Gasteiger partial charge in [-0.15, -0.1) is 0 Å². The monoisotopic (exact) mass is 305 g/mol. The number of methoxy groups -OCH3 is 2. The van der Waals surface area contributed by atoms with Gasteiger partial charge in [0.15, 0.2) is 11.5 Å². The van der Waals surface area contributed by atoms with Crippen LogP contribution in [0.1, 0.15) is 0 Å². The van der Waals surface area contributed by atoms with Crippen molar-refractivity contribution in [2.24, 2.45) is 5.92 Å². The minimum Gasteiger partial charge on any atom is -0.493 e. The summed E-state index contributed by atoms with van der Waals surface area (Å²) < 4.78 is 49.5. The molecule has 8 heteroatoms. The highest BCUT2D eigenvalue weighted by Gasteiger charge is 2.38. The maximum Gasteiger partial charge on any atom is 0.246 e. The van der Waals surface area contributed by atoms with Gasteiger partial charge in [0, 0.05) is 37.7 Å². The molecule has 0 saturated carbocycles. The first-order valence-electron chi connectivity index (χ1n) is 5.96. The molecule has 20 heavy (non-hydrogen) atoms. The molecule has 1 N–H and O–H groups in total. The van der Waals surface area contributed by atoms with Gasteiger partial charge < -0.3 is 14.6 Å². The van der Waals surface area contributed by atoms with Crippen molar-refractivity contribution in [1.29, 1.82) is 0 Å². The molecule has 1 aliphatic heterocycles. The van der Waals surface area contributed by atoms with E-state index in [4.69, 9.17) is 14.6 Å². The summed E-state index contributed by atoms with van der Waals surface area (Å²) in [4.78, 5) is -0.452. The van der Waals surface area contributed by atoms with E-state index in [0.29, 0.717) is 0 Å². The van der Waals surface area contributed by atoms with E-state index < -0.39 is 20.7 Å². The zero-order valence-corrected chi connectivity index (χ0v) is 12.0. The Morgan fingerprint density at radius 3 is 2.35 bits per heavy atom. The standard InChI is InChI=1S/C12H16FNO5S/c1-18-10-3-9(13)12(4-11(10)19-2)20(16,17)14-5-8(6-14)7-15/h3-4,8,15H,5-7H2,1-2H3. The lowest BCUT2D eigenvalue weighted by molar-refractivity contribution is 0.117. The molecule has 1 aliphatic rings. The number of halogens is 1. The van der Waals surface area contributed by atoms with Crippen molar-refractivity contribution in [3.05, 3.63) is 17.9 Å². The van der Waals surface area contributed by atoms with Gasteiger partial charge in [0.2, 0.25) is 10.0 Å². The van der Waals surface area contributed by atoms with E-state index in [0.717, 1.165) is 16.4 Å². The Balaban J connectivity index is 2.37.